The van der Waals surface area contributed by atoms with Crippen molar-refractivity contribution in [1.29, 1.82) is 0 Å². The third kappa shape index (κ3) is 3.59. The Morgan fingerprint density at radius 2 is 2.11 bits per heavy atom. The highest BCUT2D eigenvalue weighted by atomic mass is 16.5. The minimum absolute atomic E-state index is 0.0117. The van der Waals surface area contributed by atoms with Crippen LogP contribution in [0.25, 0.3) is 11.0 Å². The molecule has 1 aliphatic rings. The maximum absolute atomic E-state index is 13.1. The second-order valence-corrected chi connectivity index (χ2v) is 7.36. The third-order valence-corrected chi connectivity index (χ3v) is 5.38. The predicted molar refractivity (Wildman–Crippen MR) is 109 cm³/mol. The standard InChI is InChI=1S/C22H26N4O2/c1-3-13-28-21-18(7-6-15(2)25-21)22(27)26-11-8-16(9-12-26)19-14-24-20-17(19)5-4-10-23-20/h4-7,10,14,16H,3,8-9,11-13H2,1-2H3,(H,23,24). The number of pyridine rings is 2. The SMILES string of the molecule is CCCOc1nc(C)ccc1C(=O)N1CCC(c2c[nH]c3ncccc23)CC1. The highest BCUT2D eigenvalue weighted by Crippen LogP contribution is 2.33. The fourth-order valence-electron chi connectivity index (χ4n) is 3.88. The van der Waals surface area contributed by atoms with E-state index >= 15 is 0 Å². The second kappa shape index (κ2) is 8.00. The molecule has 3 aromatic heterocycles. The molecule has 1 aliphatic heterocycles. The highest BCUT2D eigenvalue weighted by molar-refractivity contribution is 5.96. The summed E-state index contributed by atoms with van der Waals surface area (Å²) in [5, 5.41) is 1.19. The minimum Gasteiger partial charge on any atom is -0.477 e. The molecule has 0 spiro atoms. The maximum atomic E-state index is 13.1. The lowest BCUT2D eigenvalue weighted by atomic mass is 9.89. The van der Waals surface area contributed by atoms with Crippen LogP contribution in [0.2, 0.25) is 0 Å². The van der Waals surface area contributed by atoms with Crippen LogP contribution in [0.3, 0.4) is 0 Å². The van der Waals surface area contributed by atoms with Crippen LogP contribution in [0.15, 0.2) is 36.7 Å². The van der Waals surface area contributed by atoms with Crippen molar-refractivity contribution in [1.82, 2.24) is 19.9 Å². The Hall–Kier alpha value is -2.89. The van der Waals surface area contributed by atoms with Crippen molar-refractivity contribution < 1.29 is 9.53 Å². The number of fused-ring (bicyclic) bond motifs is 1. The molecule has 0 saturated carbocycles. The number of ether oxygens (including phenoxy) is 1. The molecule has 0 radical (unpaired) electrons. The zero-order chi connectivity index (χ0) is 19.5. The topological polar surface area (TPSA) is 71.1 Å². The van der Waals surface area contributed by atoms with E-state index in [0.717, 1.165) is 43.7 Å². The highest BCUT2D eigenvalue weighted by Gasteiger charge is 2.28. The number of nitrogens with zero attached hydrogens (tertiary/aromatic N) is 3. The number of H-pyrrole nitrogens is 1. The molecular formula is C22H26N4O2. The van der Waals surface area contributed by atoms with Crippen LogP contribution >= 0.6 is 0 Å². The summed E-state index contributed by atoms with van der Waals surface area (Å²) in [5.74, 6) is 0.906. The number of piperidine rings is 1. The van der Waals surface area contributed by atoms with Gasteiger partial charge in [0.1, 0.15) is 11.2 Å². The van der Waals surface area contributed by atoms with Crippen LogP contribution < -0.4 is 4.74 Å². The Morgan fingerprint density at radius 3 is 2.89 bits per heavy atom. The van der Waals surface area contributed by atoms with Gasteiger partial charge in [-0.25, -0.2) is 9.97 Å². The first-order valence-electron chi connectivity index (χ1n) is 9.99. The van der Waals surface area contributed by atoms with Gasteiger partial charge in [-0.2, -0.15) is 0 Å². The molecule has 3 aromatic rings. The van der Waals surface area contributed by atoms with Crippen molar-refractivity contribution in [3.8, 4) is 5.88 Å². The lowest BCUT2D eigenvalue weighted by Gasteiger charge is -2.32. The first-order chi connectivity index (χ1) is 13.7. The quantitative estimate of drug-likeness (QED) is 0.726. The molecule has 1 fully saturated rings. The molecule has 4 heterocycles. The number of amides is 1. The summed E-state index contributed by atoms with van der Waals surface area (Å²) in [5.41, 5.74) is 3.65. The lowest BCUT2D eigenvalue weighted by molar-refractivity contribution is 0.0708. The summed E-state index contributed by atoms with van der Waals surface area (Å²) in [7, 11) is 0. The van der Waals surface area contributed by atoms with Gasteiger partial charge in [-0.3, -0.25) is 4.79 Å². The van der Waals surface area contributed by atoms with Crippen LogP contribution in [0.5, 0.6) is 5.88 Å². The Balaban J connectivity index is 1.47. The Bertz CT molecular complexity index is 974. The monoisotopic (exact) mass is 378 g/mol. The van der Waals surface area contributed by atoms with Gasteiger partial charge in [0.15, 0.2) is 0 Å². The van der Waals surface area contributed by atoms with E-state index in [4.69, 9.17) is 4.74 Å². The summed E-state index contributed by atoms with van der Waals surface area (Å²) >= 11 is 0. The Kier molecular flexibility index (Phi) is 5.28. The Morgan fingerprint density at radius 1 is 1.29 bits per heavy atom. The van der Waals surface area contributed by atoms with Crippen molar-refractivity contribution in [2.45, 2.75) is 39.0 Å². The van der Waals surface area contributed by atoms with Gasteiger partial charge in [0, 0.05) is 36.6 Å². The number of carbonyl (C=O) groups excluding carboxylic acids is 1. The summed E-state index contributed by atoms with van der Waals surface area (Å²) < 4.78 is 5.74. The third-order valence-electron chi connectivity index (χ3n) is 5.38. The molecule has 0 bridgehead atoms. The second-order valence-electron chi connectivity index (χ2n) is 7.36. The average molecular weight is 378 g/mol. The number of nitrogens with one attached hydrogen (secondary N) is 1. The maximum Gasteiger partial charge on any atom is 0.259 e. The van der Waals surface area contributed by atoms with Crippen molar-refractivity contribution in [2.24, 2.45) is 0 Å². The molecule has 1 N–H and O–H groups in total. The number of hydrogen-bond donors (Lipinski definition) is 1. The van der Waals surface area contributed by atoms with Crippen LogP contribution in [-0.4, -0.2) is 45.5 Å². The van der Waals surface area contributed by atoms with Gasteiger partial charge >= 0.3 is 0 Å². The van der Waals surface area contributed by atoms with Gasteiger partial charge in [0.05, 0.1) is 6.61 Å². The van der Waals surface area contributed by atoms with Crippen molar-refractivity contribution in [3.63, 3.8) is 0 Å². The fraction of sp³-hybridized carbons (Fsp3) is 0.409. The molecule has 1 saturated heterocycles. The minimum atomic E-state index is 0.0117. The molecule has 28 heavy (non-hydrogen) atoms. The van der Waals surface area contributed by atoms with E-state index in [2.05, 4.69) is 27.2 Å². The molecule has 0 atom stereocenters. The van der Waals surface area contributed by atoms with Gasteiger partial charge in [-0.15, -0.1) is 0 Å². The number of aryl methyl sites for hydroxylation is 1. The summed E-state index contributed by atoms with van der Waals surface area (Å²) in [6.07, 6.45) is 6.64. The first-order valence-corrected chi connectivity index (χ1v) is 9.99. The van der Waals surface area contributed by atoms with E-state index in [9.17, 15) is 4.79 Å². The molecule has 0 unspecified atom stereocenters. The van der Waals surface area contributed by atoms with Crippen LogP contribution in [-0.2, 0) is 0 Å². The number of hydrogen-bond acceptors (Lipinski definition) is 4. The molecule has 146 valence electrons. The molecule has 6 nitrogen and oxygen atoms in total. The van der Waals surface area contributed by atoms with E-state index in [1.165, 1.54) is 10.9 Å². The number of aromatic amines is 1. The van der Waals surface area contributed by atoms with E-state index in [-0.39, 0.29) is 5.91 Å². The van der Waals surface area contributed by atoms with Crippen molar-refractivity contribution in [3.05, 3.63) is 53.5 Å². The number of carbonyl (C=O) groups is 1. The van der Waals surface area contributed by atoms with E-state index in [1.54, 1.807) is 6.20 Å². The fourth-order valence-corrected chi connectivity index (χ4v) is 3.88. The summed E-state index contributed by atoms with van der Waals surface area (Å²) in [6.45, 7) is 5.99. The summed E-state index contributed by atoms with van der Waals surface area (Å²) in [6, 6.07) is 7.80. The van der Waals surface area contributed by atoms with E-state index < -0.39 is 0 Å². The molecule has 0 aromatic carbocycles. The van der Waals surface area contributed by atoms with Gasteiger partial charge in [-0.1, -0.05) is 6.92 Å². The lowest BCUT2D eigenvalue weighted by Crippen LogP contribution is -2.38. The summed E-state index contributed by atoms with van der Waals surface area (Å²) in [4.78, 5) is 27.1. The number of rotatable bonds is 5. The zero-order valence-corrected chi connectivity index (χ0v) is 16.4. The smallest absolute Gasteiger partial charge is 0.259 e. The van der Waals surface area contributed by atoms with Crippen LogP contribution in [0.1, 0.15) is 53.7 Å². The molecule has 0 aliphatic carbocycles. The normalized spacial score (nSPS) is 15.1. The van der Waals surface area contributed by atoms with E-state index in [0.29, 0.717) is 24.0 Å². The van der Waals surface area contributed by atoms with Gasteiger partial charge in [-0.05, 0) is 61.9 Å². The molecule has 1 amide bonds. The first kappa shape index (κ1) is 18.5. The van der Waals surface area contributed by atoms with Crippen molar-refractivity contribution in [2.75, 3.05) is 19.7 Å². The Labute approximate surface area is 164 Å². The molecular weight excluding hydrogens is 352 g/mol. The molecule has 4 rings (SSSR count). The van der Waals surface area contributed by atoms with Crippen LogP contribution in [0, 0.1) is 6.92 Å². The van der Waals surface area contributed by atoms with Gasteiger partial charge < -0.3 is 14.6 Å². The van der Waals surface area contributed by atoms with Gasteiger partial charge in [0.25, 0.3) is 5.91 Å². The largest absolute Gasteiger partial charge is 0.477 e. The average Bonchev–Trinajstić information content (AvgIpc) is 3.16. The van der Waals surface area contributed by atoms with Crippen LogP contribution in [0.4, 0.5) is 0 Å². The number of likely N-dealkylation sites (tertiary alicyclic amines) is 1. The predicted octanol–water partition coefficient (Wildman–Crippen LogP) is 4.07. The zero-order valence-electron chi connectivity index (χ0n) is 16.4. The number of aromatic nitrogens is 3. The van der Waals surface area contributed by atoms with Crippen molar-refractivity contribution >= 4 is 16.9 Å². The molecule has 6 heteroatoms. The van der Waals surface area contributed by atoms with E-state index in [1.807, 2.05) is 36.9 Å². The van der Waals surface area contributed by atoms with Gasteiger partial charge in [0.2, 0.25) is 5.88 Å².